The summed E-state index contributed by atoms with van der Waals surface area (Å²) in [6.45, 7) is 8.20. The quantitative estimate of drug-likeness (QED) is 0.238. The number of rotatable bonds is 7. The van der Waals surface area contributed by atoms with Gasteiger partial charge in [-0.3, -0.25) is 9.47 Å². The molecular weight excluding hydrogens is 444 g/mol. The number of alkyl halides is 1. The monoisotopic (exact) mass is 466 g/mol. The summed E-state index contributed by atoms with van der Waals surface area (Å²) in [6, 6.07) is 10.9. The molecule has 1 unspecified atom stereocenters. The van der Waals surface area contributed by atoms with Gasteiger partial charge in [-0.25, -0.2) is 9.98 Å². The molecule has 2 heterocycles. The maximum absolute atomic E-state index is 7.03. The Morgan fingerprint density at radius 1 is 1.22 bits per heavy atom. The van der Waals surface area contributed by atoms with Crippen molar-refractivity contribution in [2.24, 2.45) is 4.99 Å². The molecule has 1 aromatic carbocycles. The predicted octanol–water partition coefficient (Wildman–Crippen LogP) is 5.37. The molecule has 0 radical (unpaired) electrons. The summed E-state index contributed by atoms with van der Waals surface area (Å²) < 4.78 is 8.54. The van der Waals surface area contributed by atoms with E-state index >= 15 is 0 Å². The second-order valence-corrected chi connectivity index (χ2v) is 14.6. The molecule has 1 atom stereocenters. The van der Waals surface area contributed by atoms with E-state index in [1.165, 1.54) is 0 Å². The first-order valence-corrected chi connectivity index (χ1v) is 13.7. The maximum Gasteiger partial charge on any atom is 0.241 e. The van der Waals surface area contributed by atoms with Crippen LogP contribution in [0.25, 0.3) is 0 Å². The molecule has 2 aromatic rings. The fourth-order valence-corrected chi connectivity index (χ4v) is 4.30. The molecular formula is C19H24BrClN4OSi. The van der Waals surface area contributed by atoms with E-state index in [0.717, 1.165) is 24.0 Å². The Morgan fingerprint density at radius 3 is 2.67 bits per heavy atom. The average molecular weight is 468 g/mol. The summed E-state index contributed by atoms with van der Waals surface area (Å²) in [5.74, 6) is 0.821. The molecule has 1 aromatic heterocycles. The molecule has 27 heavy (non-hydrogen) atoms. The minimum Gasteiger partial charge on any atom is -0.361 e. The lowest BCUT2D eigenvalue weighted by Crippen LogP contribution is -2.40. The number of ether oxygens (including phenoxy) is 1. The van der Waals surface area contributed by atoms with Crippen LogP contribution in [0, 0.1) is 0 Å². The van der Waals surface area contributed by atoms with Gasteiger partial charge in [-0.15, -0.1) is 0 Å². The Morgan fingerprint density at radius 2 is 1.96 bits per heavy atom. The van der Waals surface area contributed by atoms with Crippen LogP contribution in [0.1, 0.15) is 5.56 Å². The fourth-order valence-electron chi connectivity index (χ4n) is 2.70. The van der Waals surface area contributed by atoms with Crippen LogP contribution < -0.4 is 4.90 Å². The maximum atomic E-state index is 7.03. The molecule has 0 bridgehead atoms. The van der Waals surface area contributed by atoms with Crippen LogP contribution in [0.3, 0.4) is 0 Å². The number of hydrogen-bond donors (Lipinski definition) is 0. The molecule has 0 saturated carbocycles. The van der Waals surface area contributed by atoms with Crippen molar-refractivity contribution >= 4 is 46.0 Å². The molecule has 8 heteroatoms. The van der Waals surface area contributed by atoms with Crippen molar-refractivity contribution < 1.29 is 4.74 Å². The van der Waals surface area contributed by atoms with Crippen molar-refractivity contribution in [2.45, 2.75) is 37.5 Å². The first-order chi connectivity index (χ1) is 12.8. The van der Waals surface area contributed by atoms with E-state index in [9.17, 15) is 0 Å². The number of imidazole rings is 1. The van der Waals surface area contributed by atoms with Crippen LogP contribution >= 0.6 is 27.5 Å². The largest absolute Gasteiger partial charge is 0.361 e. The van der Waals surface area contributed by atoms with Crippen molar-refractivity contribution in [1.29, 1.82) is 0 Å². The molecule has 0 fully saturated rings. The number of hydrogen-bond acceptors (Lipinski definition) is 4. The Labute approximate surface area is 174 Å². The Bertz CT molecular complexity index is 834. The van der Waals surface area contributed by atoms with Gasteiger partial charge in [-0.05, 0) is 28.1 Å². The summed E-state index contributed by atoms with van der Waals surface area (Å²) >= 11 is 10.5. The van der Waals surface area contributed by atoms with E-state index in [1.54, 1.807) is 12.5 Å². The number of nitrogens with zero attached hydrogens (tertiary/aromatic N) is 4. The number of halogens is 2. The highest BCUT2D eigenvalue weighted by molar-refractivity contribution is 9.18. The van der Waals surface area contributed by atoms with Gasteiger partial charge in [0.05, 0.1) is 12.5 Å². The van der Waals surface area contributed by atoms with Crippen LogP contribution in [0.4, 0.5) is 5.82 Å². The zero-order valence-corrected chi connectivity index (χ0v) is 19.1. The van der Waals surface area contributed by atoms with Crippen molar-refractivity contribution in [2.75, 3.05) is 11.5 Å². The Kier molecular flexibility index (Phi) is 6.25. The molecule has 3 rings (SSSR count). The van der Waals surface area contributed by atoms with Crippen LogP contribution in [0.5, 0.6) is 0 Å². The van der Waals surface area contributed by atoms with E-state index in [-0.39, 0.29) is 0 Å². The first kappa shape index (κ1) is 20.3. The van der Waals surface area contributed by atoms with E-state index in [1.807, 2.05) is 52.1 Å². The minimum atomic E-state index is -1.12. The van der Waals surface area contributed by atoms with Crippen molar-refractivity contribution in [3.63, 3.8) is 0 Å². The van der Waals surface area contributed by atoms with E-state index in [0.29, 0.717) is 11.4 Å². The zero-order valence-electron chi connectivity index (χ0n) is 15.8. The van der Waals surface area contributed by atoms with Gasteiger partial charge in [-0.1, -0.05) is 61.6 Å². The molecule has 1 aliphatic heterocycles. The number of allylic oxidation sites excluding steroid dienone is 1. The fraction of sp³-hybridized carbons (Fsp3) is 0.368. The minimum absolute atomic E-state index is 0.427. The smallest absolute Gasteiger partial charge is 0.241 e. The van der Waals surface area contributed by atoms with E-state index in [4.69, 9.17) is 16.3 Å². The molecule has 0 spiro atoms. The molecule has 144 valence electrons. The molecule has 0 saturated heterocycles. The highest BCUT2D eigenvalue weighted by atomic mass is 79.9. The van der Waals surface area contributed by atoms with E-state index in [2.05, 4.69) is 45.5 Å². The first-order valence-electron chi connectivity index (χ1n) is 8.85. The lowest BCUT2D eigenvalue weighted by Gasteiger charge is -2.37. The Balaban J connectivity index is 1.83. The van der Waals surface area contributed by atoms with Gasteiger partial charge >= 0.3 is 0 Å². The normalized spacial score (nSPS) is 20.0. The van der Waals surface area contributed by atoms with Crippen LogP contribution in [-0.2, 0) is 16.6 Å². The molecule has 0 amide bonds. The number of aromatic nitrogens is 2. The number of benzene rings is 1. The van der Waals surface area contributed by atoms with Crippen molar-refractivity contribution in [3.8, 4) is 0 Å². The number of anilines is 1. The molecule has 0 aliphatic carbocycles. The molecule has 1 aliphatic rings. The Hall–Kier alpha value is -1.41. The topological polar surface area (TPSA) is 42.6 Å². The average Bonchev–Trinajstić information content (AvgIpc) is 3.07. The van der Waals surface area contributed by atoms with Gasteiger partial charge in [0.15, 0.2) is 0 Å². The van der Waals surface area contributed by atoms with Gasteiger partial charge in [0.25, 0.3) is 0 Å². The highest BCUT2D eigenvalue weighted by Crippen LogP contribution is 2.41. The van der Waals surface area contributed by atoms with Gasteiger partial charge in [0, 0.05) is 26.4 Å². The van der Waals surface area contributed by atoms with Crippen molar-refractivity contribution in [3.05, 3.63) is 60.7 Å². The summed E-state index contributed by atoms with van der Waals surface area (Å²) in [4.78, 5) is 10.9. The predicted molar refractivity (Wildman–Crippen MR) is 118 cm³/mol. The van der Waals surface area contributed by atoms with Crippen LogP contribution in [-0.4, -0.2) is 28.9 Å². The molecule has 5 nitrogen and oxygen atoms in total. The molecule has 0 N–H and O–H groups in total. The van der Waals surface area contributed by atoms with Crippen molar-refractivity contribution in [1.82, 2.24) is 9.55 Å². The summed E-state index contributed by atoms with van der Waals surface area (Å²) in [5, 5.41) is -1.09. The second-order valence-electron chi connectivity index (χ2n) is 7.64. The zero-order chi connectivity index (χ0) is 19.5. The lowest BCUT2D eigenvalue weighted by molar-refractivity contribution is 0.0878. The van der Waals surface area contributed by atoms with Gasteiger partial charge in [0.2, 0.25) is 5.12 Å². The third-order valence-corrected chi connectivity index (χ3v) is 6.87. The highest BCUT2D eigenvalue weighted by Gasteiger charge is 2.39. The second kappa shape index (κ2) is 8.30. The summed E-state index contributed by atoms with van der Waals surface area (Å²) in [5.41, 5.74) is 0.875. The number of aliphatic imine (C=N–C) groups is 1. The lowest BCUT2D eigenvalue weighted by atomic mass is 10.1. The third kappa shape index (κ3) is 4.90. The van der Waals surface area contributed by atoms with Gasteiger partial charge in [-0.2, -0.15) is 0 Å². The summed E-state index contributed by atoms with van der Waals surface area (Å²) in [6.07, 6.45) is 7.31. The standard InChI is InChI=1S/C19H24BrClN4OSi/c1-27(2,3)12-11-26-15-24-14-22-13-18(24)25-10-9-17(20)23-19(25,21)16-7-5-4-6-8-16/h4-10,13-14H,11-12,15H2,1-3H3. The van der Waals surface area contributed by atoms with Crippen LogP contribution in [0.15, 0.2) is 60.1 Å². The SMILES string of the molecule is C[Si](C)(C)CCOCn1cncc1N1C=CC(Br)=NC1(Cl)c1ccccc1. The van der Waals surface area contributed by atoms with Crippen LogP contribution in [0.2, 0.25) is 25.7 Å². The van der Waals surface area contributed by atoms with Gasteiger partial charge < -0.3 is 4.74 Å². The summed E-state index contributed by atoms with van der Waals surface area (Å²) in [7, 11) is -1.12. The van der Waals surface area contributed by atoms with Gasteiger partial charge in [0.1, 0.15) is 17.2 Å². The third-order valence-electron chi connectivity index (χ3n) is 4.24. The van der Waals surface area contributed by atoms with E-state index < -0.39 is 13.2 Å².